The van der Waals surface area contributed by atoms with Gasteiger partial charge in [-0.05, 0) is 48.4 Å². The molecule has 0 unspecified atom stereocenters. The second kappa shape index (κ2) is 7.41. The molecule has 3 aromatic carbocycles. The van der Waals surface area contributed by atoms with Crippen molar-refractivity contribution in [2.75, 3.05) is 11.4 Å². The summed E-state index contributed by atoms with van der Waals surface area (Å²) in [7, 11) is 0. The maximum absolute atomic E-state index is 13.4. The van der Waals surface area contributed by atoms with Crippen molar-refractivity contribution in [3.63, 3.8) is 0 Å². The van der Waals surface area contributed by atoms with Gasteiger partial charge in [-0.1, -0.05) is 42.5 Å². The molecule has 5 rings (SSSR count). The summed E-state index contributed by atoms with van der Waals surface area (Å²) in [6.45, 7) is 3.22. The van der Waals surface area contributed by atoms with Crippen LogP contribution in [-0.2, 0) is 11.3 Å². The fourth-order valence-corrected chi connectivity index (χ4v) is 4.32. The van der Waals surface area contributed by atoms with E-state index in [2.05, 4.69) is 4.57 Å². The maximum atomic E-state index is 13.4. The van der Waals surface area contributed by atoms with Crippen LogP contribution in [0.15, 0.2) is 72.8 Å². The molecule has 1 saturated heterocycles. The summed E-state index contributed by atoms with van der Waals surface area (Å²) in [4.78, 5) is 19.7. The van der Waals surface area contributed by atoms with Crippen molar-refractivity contribution in [1.82, 2.24) is 9.55 Å². The van der Waals surface area contributed by atoms with Crippen molar-refractivity contribution in [2.24, 2.45) is 0 Å². The molecular weight excluding hydrogens is 377 g/mol. The molecule has 1 aliphatic rings. The Morgan fingerprint density at radius 2 is 1.73 bits per heavy atom. The first-order valence-corrected chi connectivity index (χ1v) is 10.2. The van der Waals surface area contributed by atoms with E-state index in [1.807, 2.05) is 60.4 Å². The van der Waals surface area contributed by atoms with Gasteiger partial charge in [0.2, 0.25) is 5.91 Å². The zero-order chi connectivity index (χ0) is 20.7. The molecule has 2 heterocycles. The molecule has 0 N–H and O–H groups in total. The number of rotatable bonds is 4. The van der Waals surface area contributed by atoms with E-state index < -0.39 is 0 Å². The number of benzene rings is 3. The van der Waals surface area contributed by atoms with Crippen LogP contribution in [0.4, 0.5) is 10.1 Å². The predicted molar refractivity (Wildman–Crippen MR) is 116 cm³/mol. The largest absolute Gasteiger partial charge is 0.323 e. The van der Waals surface area contributed by atoms with Crippen LogP contribution >= 0.6 is 0 Å². The number of fused-ring (bicyclic) bond motifs is 1. The van der Waals surface area contributed by atoms with Gasteiger partial charge < -0.3 is 9.47 Å². The van der Waals surface area contributed by atoms with E-state index in [1.165, 1.54) is 12.1 Å². The maximum Gasteiger partial charge on any atom is 0.227 e. The minimum Gasteiger partial charge on any atom is -0.323 e. The lowest BCUT2D eigenvalue weighted by atomic mass is 10.1. The van der Waals surface area contributed by atoms with Crippen molar-refractivity contribution >= 4 is 22.6 Å². The van der Waals surface area contributed by atoms with E-state index >= 15 is 0 Å². The van der Waals surface area contributed by atoms with Gasteiger partial charge in [0.15, 0.2) is 0 Å². The number of halogens is 1. The van der Waals surface area contributed by atoms with Crippen molar-refractivity contribution in [1.29, 1.82) is 0 Å². The molecule has 1 aliphatic heterocycles. The van der Waals surface area contributed by atoms with E-state index in [0.29, 0.717) is 19.5 Å². The molecule has 1 aromatic heterocycles. The Balaban J connectivity index is 1.53. The summed E-state index contributed by atoms with van der Waals surface area (Å²) in [5.41, 5.74) is 4.99. The van der Waals surface area contributed by atoms with Gasteiger partial charge in [-0.15, -0.1) is 0 Å². The lowest BCUT2D eigenvalue weighted by molar-refractivity contribution is -0.117. The molecule has 1 amide bonds. The Kier molecular flexibility index (Phi) is 4.58. The zero-order valence-electron chi connectivity index (χ0n) is 16.8. The van der Waals surface area contributed by atoms with Gasteiger partial charge in [0, 0.05) is 31.1 Å². The molecule has 4 aromatic rings. The summed E-state index contributed by atoms with van der Waals surface area (Å²) in [5.74, 6) is 0.786. The quantitative estimate of drug-likeness (QED) is 0.481. The molecule has 4 nitrogen and oxygen atoms in total. The van der Waals surface area contributed by atoms with Crippen molar-refractivity contribution in [3.05, 3.63) is 95.6 Å². The summed E-state index contributed by atoms with van der Waals surface area (Å²) in [6.07, 6.45) is 0.432. The third-order valence-electron chi connectivity index (χ3n) is 5.83. The van der Waals surface area contributed by atoms with E-state index in [9.17, 15) is 9.18 Å². The lowest BCUT2D eigenvalue weighted by Crippen LogP contribution is -2.25. The molecule has 1 fully saturated rings. The van der Waals surface area contributed by atoms with Gasteiger partial charge in [-0.25, -0.2) is 9.37 Å². The smallest absolute Gasteiger partial charge is 0.227 e. The van der Waals surface area contributed by atoms with Crippen molar-refractivity contribution in [2.45, 2.75) is 25.8 Å². The number of aromatic nitrogens is 2. The third-order valence-corrected chi connectivity index (χ3v) is 5.83. The molecule has 0 bridgehead atoms. The topological polar surface area (TPSA) is 38.1 Å². The van der Waals surface area contributed by atoms with Gasteiger partial charge >= 0.3 is 0 Å². The molecule has 0 radical (unpaired) electrons. The first-order chi connectivity index (χ1) is 14.6. The number of anilines is 1. The van der Waals surface area contributed by atoms with Crippen LogP contribution in [0.5, 0.6) is 0 Å². The number of nitrogens with zero attached hydrogens (tertiary/aromatic N) is 3. The van der Waals surface area contributed by atoms with Crippen LogP contribution in [0.1, 0.15) is 29.3 Å². The van der Waals surface area contributed by atoms with Gasteiger partial charge in [-0.3, -0.25) is 4.79 Å². The van der Waals surface area contributed by atoms with Gasteiger partial charge in [0.05, 0.1) is 11.0 Å². The Morgan fingerprint density at radius 3 is 2.53 bits per heavy atom. The average molecular weight is 399 g/mol. The van der Waals surface area contributed by atoms with E-state index in [4.69, 9.17) is 4.98 Å². The number of hydrogen-bond acceptors (Lipinski definition) is 2. The summed E-state index contributed by atoms with van der Waals surface area (Å²) >= 11 is 0. The van der Waals surface area contributed by atoms with Crippen LogP contribution in [0, 0.1) is 12.7 Å². The number of carbonyl (C=O) groups excluding carboxylic acids is 1. The first kappa shape index (κ1) is 18.6. The number of amides is 1. The zero-order valence-corrected chi connectivity index (χ0v) is 16.8. The van der Waals surface area contributed by atoms with E-state index in [1.54, 1.807) is 12.1 Å². The van der Waals surface area contributed by atoms with Gasteiger partial charge in [0.25, 0.3) is 0 Å². The number of hydrogen-bond donors (Lipinski definition) is 0. The lowest BCUT2D eigenvalue weighted by Gasteiger charge is -2.19. The SMILES string of the molecule is Cc1ccccc1N1C[C@H](c2nc3ccccc3n2Cc2ccc(F)cc2)CC1=O. The van der Waals surface area contributed by atoms with Gasteiger partial charge in [-0.2, -0.15) is 0 Å². The molecule has 1 atom stereocenters. The van der Waals surface area contributed by atoms with Crippen LogP contribution in [0.25, 0.3) is 11.0 Å². The highest BCUT2D eigenvalue weighted by molar-refractivity contribution is 5.97. The second-order valence-electron chi connectivity index (χ2n) is 7.86. The van der Waals surface area contributed by atoms with Crippen LogP contribution in [-0.4, -0.2) is 22.0 Å². The normalized spacial score (nSPS) is 16.5. The molecular formula is C25H22FN3O. The first-order valence-electron chi connectivity index (χ1n) is 10.2. The summed E-state index contributed by atoms with van der Waals surface area (Å²) in [5, 5.41) is 0. The second-order valence-corrected chi connectivity index (χ2v) is 7.86. The number of imidazole rings is 1. The standard InChI is InChI=1S/C25H22FN3O/c1-17-6-2-4-8-22(17)28-16-19(14-24(28)30)25-27-21-7-3-5-9-23(21)29(25)15-18-10-12-20(26)13-11-18/h2-13,19H,14-16H2,1H3/t19-/m1/s1. The fourth-order valence-electron chi connectivity index (χ4n) is 4.32. The minimum absolute atomic E-state index is 0.00459. The third kappa shape index (κ3) is 3.26. The molecule has 0 saturated carbocycles. The van der Waals surface area contributed by atoms with Gasteiger partial charge in [0.1, 0.15) is 11.6 Å². The van der Waals surface area contributed by atoms with Crippen molar-refractivity contribution in [3.8, 4) is 0 Å². The highest BCUT2D eigenvalue weighted by atomic mass is 19.1. The van der Waals surface area contributed by atoms with Crippen molar-refractivity contribution < 1.29 is 9.18 Å². The highest BCUT2D eigenvalue weighted by Gasteiger charge is 2.35. The van der Waals surface area contributed by atoms with E-state index in [-0.39, 0.29) is 17.6 Å². The van der Waals surface area contributed by atoms with Crippen LogP contribution in [0.3, 0.4) is 0 Å². The molecule has 5 heteroatoms. The molecule has 0 spiro atoms. The number of para-hydroxylation sites is 3. The molecule has 150 valence electrons. The van der Waals surface area contributed by atoms with E-state index in [0.717, 1.165) is 33.7 Å². The van der Waals surface area contributed by atoms with Crippen LogP contribution < -0.4 is 4.90 Å². The average Bonchev–Trinajstić information content (AvgIpc) is 3.31. The number of carbonyl (C=O) groups is 1. The minimum atomic E-state index is -0.246. The van der Waals surface area contributed by atoms with Crippen LogP contribution in [0.2, 0.25) is 0 Å². The summed E-state index contributed by atoms with van der Waals surface area (Å²) in [6, 6.07) is 22.5. The Morgan fingerprint density at radius 1 is 1.00 bits per heavy atom. The number of aryl methyl sites for hydroxylation is 1. The Hall–Kier alpha value is -3.47. The highest BCUT2D eigenvalue weighted by Crippen LogP contribution is 2.34. The fraction of sp³-hybridized carbons (Fsp3) is 0.200. The Bertz CT molecular complexity index is 1230. The molecule has 30 heavy (non-hydrogen) atoms. The monoisotopic (exact) mass is 399 g/mol. The predicted octanol–water partition coefficient (Wildman–Crippen LogP) is 5.05. The summed E-state index contributed by atoms with van der Waals surface area (Å²) < 4.78 is 15.5. The Labute approximate surface area is 174 Å². The molecule has 0 aliphatic carbocycles.